The van der Waals surface area contributed by atoms with Gasteiger partial charge in [-0.15, -0.1) is 6.58 Å². The lowest BCUT2D eigenvalue weighted by atomic mass is 9.76. The van der Waals surface area contributed by atoms with Gasteiger partial charge in [-0.2, -0.15) is 0 Å². The third-order valence-corrected chi connectivity index (χ3v) is 7.00. The molecule has 2 aliphatic carbocycles. The molecule has 28 heavy (non-hydrogen) atoms. The Bertz CT molecular complexity index is 667. The van der Waals surface area contributed by atoms with E-state index < -0.39 is 11.6 Å². The highest BCUT2D eigenvalue weighted by molar-refractivity contribution is 5.34. The number of allylic oxidation sites excluding steroid dienone is 3. The molecule has 2 unspecified atom stereocenters. The van der Waals surface area contributed by atoms with Crippen LogP contribution in [0.2, 0.25) is 0 Å². The molecular weight excluding hydrogens is 350 g/mol. The molecule has 1 aromatic carbocycles. The summed E-state index contributed by atoms with van der Waals surface area (Å²) in [6, 6.07) is 3.73. The Kier molecular flexibility index (Phi) is 7.88. The molecule has 2 heteroatoms. The van der Waals surface area contributed by atoms with E-state index in [-0.39, 0.29) is 11.8 Å². The van der Waals surface area contributed by atoms with Gasteiger partial charge in [0.05, 0.1) is 0 Å². The lowest BCUT2D eigenvalue weighted by molar-refractivity contribution is 0.306. The highest BCUT2D eigenvalue weighted by Crippen LogP contribution is 2.41. The summed E-state index contributed by atoms with van der Waals surface area (Å²) in [5.74, 6) is 0.329. The highest BCUT2D eigenvalue weighted by atomic mass is 19.2. The van der Waals surface area contributed by atoms with Crippen molar-refractivity contribution >= 4 is 0 Å². The van der Waals surface area contributed by atoms with Gasteiger partial charge in [0.15, 0.2) is 11.6 Å². The van der Waals surface area contributed by atoms with Crippen LogP contribution in [-0.2, 0) is 0 Å². The Hall–Kier alpha value is -1.44. The molecule has 2 aliphatic rings. The number of hydrogen-bond acceptors (Lipinski definition) is 0. The van der Waals surface area contributed by atoms with E-state index in [4.69, 9.17) is 0 Å². The van der Waals surface area contributed by atoms with Gasteiger partial charge in [0.2, 0.25) is 0 Å². The number of halogens is 2. The minimum Gasteiger partial charge on any atom is -0.203 e. The molecule has 0 amide bonds. The first-order valence-corrected chi connectivity index (χ1v) is 11.4. The average molecular weight is 387 g/mol. The van der Waals surface area contributed by atoms with Crippen molar-refractivity contribution in [1.29, 1.82) is 0 Å². The summed E-state index contributed by atoms with van der Waals surface area (Å²) in [7, 11) is 0. The van der Waals surface area contributed by atoms with Crippen LogP contribution in [0.5, 0.6) is 0 Å². The van der Waals surface area contributed by atoms with Crippen LogP contribution in [0.1, 0.15) is 101 Å². The zero-order valence-electron chi connectivity index (χ0n) is 17.4. The first-order valence-electron chi connectivity index (χ1n) is 11.4. The summed E-state index contributed by atoms with van der Waals surface area (Å²) < 4.78 is 29.9. The van der Waals surface area contributed by atoms with Gasteiger partial charge < -0.3 is 0 Å². The van der Waals surface area contributed by atoms with Crippen molar-refractivity contribution in [3.8, 4) is 0 Å². The quantitative estimate of drug-likeness (QED) is 0.393. The first-order chi connectivity index (χ1) is 13.6. The molecular formula is C26H36F2. The van der Waals surface area contributed by atoms with Crippen molar-refractivity contribution < 1.29 is 8.78 Å². The summed E-state index contributed by atoms with van der Waals surface area (Å²) in [4.78, 5) is 0. The predicted molar refractivity (Wildman–Crippen MR) is 115 cm³/mol. The molecule has 0 aliphatic heterocycles. The van der Waals surface area contributed by atoms with Crippen molar-refractivity contribution in [3.05, 3.63) is 59.7 Å². The van der Waals surface area contributed by atoms with E-state index in [9.17, 15) is 8.78 Å². The number of benzene rings is 1. The van der Waals surface area contributed by atoms with E-state index in [0.29, 0.717) is 17.0 Å². The molecule has 3 rings (SSSR count). The number of hydrogen-bond donors (Lipinski definition) is 0. The van der Waals surface area contributed by atoms with Crippen molar-refractivity contribution in [1.82, 2.24) is 0 Å². The Morgan fingerprint density at radius 3 is 2.29 bits per heavy atom. The third kappa shape index (κ3) is 5.13. The Balaban J connectivity index is 1.65. The molecule has 0 spiro atoms. The molecule has 0 bridgehead atoms. The summed E-state index contributed by atoms with van der Waals surface area (Å²) in [5.41, 5.74) is 1.15. The Morgan fingerprint density at radius 2 is 1.64 bits per heavy atom. The first kappa shape index (κ1) is 21.3. The van der Waals surface area contributed by atoms with Crippen LogP contribution in [-0.4, -0.2) is 0 Å². The van der Waals surface area contributed by atoms with E-state index in [1.165, 1.54) is 25.7 Å². The van der Waals surface area contributed by atoms with Gasteiger partial charge in [0, 0.05) is 5.92 Å². The minimum atomic E-state index is -0.604. The standard InChI is InChI=1S/C26H36F2/c1-3-5-7-19-9-13-21(14-10-19)23-17-18-24(26(28)25(23)27)22-15-11-20(12-16-22)8-6-4-2/h3,11,15,17-22H,1,4-10,12-14,16H2,2H3. The molecule has 0 aromatic heterocycles. The average Bonchev–Trinajstić information content (AvgIpc) is 2.73. The number of unbranched alkanes of at least 4 members (excludes halogenated alkanes) is 1. The normalized spacial score (nSPS) is 27.7. The van der Waals surface area contributed by atoms with Crippen LogP contribution in [0.15, 0.2) is 36.9 Å². The molecule has 154 valence electrons. The second-order valence-corrected chi connectivity index (χ2v) is 8.93. The van der Waals surface area contributed by atoms with Crippen molar-refractivity contribution in [2.45, 2.75) is 89.4 Å². The summed E-state index contributed by atoms with van der Waals surface area (Å²) in [5, 5.41) is 0. The maximum absolute atomic E-state index is 14.9. The van der Waals surface area contributed by atoms with Gasteiger partial charge in [-0.1, -0.05) is 50.1 Å². The van der Waals surface area contributed by atoms with Gasteiger partial charge in [0.1, 0.15) is 0 Å². The maximum Gasteiger partial charge on any atom is 0.162 e. The van der Waals surface area contributed by atoms with Crippen molar-refractivity contribution in [2.75, 3.05) is 0 Å². The molecule has 1 fully saturated rings. The van der Waals surface area contributed by atoms with Crippen LogP contribution in [0.3, 0.4) is 0 Å². The maximum atomic E-state index is 14.9. The van der Waals surface area contributed by atoms with E-state index in [0.717, 1.165) is 50.9 Å². The van der Waals surface area contributed by atoms with E-state index in [1.807, 2.05) is 18.2 Å². The lowest BCUT2D eigenvalue weighted by Gasteiger charge is -2.29. The predicted octanol–water partition coefficient (Wildman–Crippen LogP) is 8.44. The van der Waals surface area contributed by atoms with Crippen LogP contribution in [0, 0.1) is 23.5 Å². The van der Waals surface area contributed by atoms with E-state index in [2.05, 4.69) is 25.7 Å². The Labute approximate surface area is 170 Å². The molecule has 0 heterocycles. The molecule has 0 saturated heterocycles. The number of rotatable bonds is 8. The van der Waals surface area contributed by atoms with Crippen LogP contribution >= 0.6 is 0 Å². The Morgan fingerprint density at radius 1 is 0.929 bits per heavy atom. The largest absolute Gasteiger partial charge is 0.203 e. The van der Waals surface area contributed by atoms with Crippen molar-refractivity contribution in [2.24, 2.45) is 11.8 Å². The fraction of sp³-hybridized carbons (Fsp3) is 0.615. The van der Waals surface area contributed by atoms with Gasteiger partial charge in [-0.05, 0) is 86.7 Å². The zero-order chi connectivity index (χ0) is 19.9. The molecule has 2 atom stereocenters. The van der Waals surface area contributed by atoms with E-state index >= 15 is 0 Å². The van der Waals surface area contributed by atoms with Gasteiger partial charge >= 0.3 is 0 Å². The molecule has 1 aromatic rings. The summed E-state index contributed by atoms with van der Waals surface area (Å²) in [6.07, 6.45) is 18.4. The SMILES string of the molecule is C=CCCC1CCC(c2ccc(C3C=CC(CCCC)CC3)c(F)c2F)CC1. The van der Waals surface area contributed by atoms with Gasteiger partial charge in [-0.25, -0.2) is 8.78 Å². The minimum absolute atomic E-state index is 0.0241. The second kappa shape index (κ2) is 10.4. The topological polar surface area (TPSA) is 0 Å². The lowest BCUT2D eigenvalue weighted by Crippen LogP contribution is -2.16. The van der Waals surface area contributed by atoms with Gasteiger partial charge in [0.25, 0.3) is 0 Å². The fourth-order valence-corrected chi connectivity index (χ4v) is 5.14. The molecule has 1 saturated carbocycles. The van der Waals surface area contributed by atoms with Crippen LogP contribution in [0.4, 0.5) is 8.78 Å². The van der Waals surface area contributed by atoms with Gasteiger partial charge in [-0.3, -0.25) is 0 Å². The van der Waals surface area contributed by atoms with Crippen molar-refractivity contribution in [3.63, 3.8) is 0 Å². The second-order valence-electron chi connectivity index (χ2n) is 8.93. The highest BCUT2D eigenvalue weighted by Gasteiger charge is 2.28. The molecule has 0 nitrogen and oxygen atoms in total. The summed E-state index contributed by atoms with van der Waals surface area (Å²) >= 11 is 0. The fourth-order valence-electron chi connectivity index (χ4n) is 5.14. The smallest absolute Gasteiger partial charge is 0.162 e. The molecule has 0 radical (unpaired) electrons. The van der Waals surface area contributed by atoms with E-state index in [1.54, 1.807) is 0 Å². The zero-order valence-corrected chi connectivity index (χ0v) is 17.4. The van der Waals surface area contributed by atoms with Crippen LogP contribution < -0.4 is 0 Å². The monoisotopic (exact) mass is 386 g/mol. The molecule has 0 N–H and O–H groups in total. The summed E-state index contributed by atoms with van der Waals surface area (Å²) in [6.45, 7) is 6.01. The third-order valence-electron chi connectivity index (χ3n) is 7.00. The van der Waals surface area contributed by atoms with Crippen LogP contribution in [0.25, 0.3) is 0 Å².